The van der Waals surface area contributed by atoms with Crippen LogP contribution in [0.5, 0.6) is 17.2 Å². The van der Waals surface area contributed by atoms with Crippen LogP contribution in [0.2, 0.25) is 0 Å². The maximum atomic E-state index is 10.3. The average Bonchev–Trinajstić information content (AvgIpc) is 2.34. The molecule has 0 unspecified atom stereocenters. The molecule has 0 saturated carbocycles. The van der Waals surface area contributed by atoms with E-state index in [9.17, 15) is 10.1 Å². The Kier molecular flexibility index (Phi) is 4.33. The Hall–Kier alpha value is -2.24. The molecule has 0 fully saturated rings. The molecule has 0 N–H and O–H groups in total. The highest BCUT2D eigenvalue weighted by Crippen LogP contribution is 2.34. The number of hydrogen-bond acceptors (Lipinski definition) is 5. The molecular formula is C11H13NO5. The summed E-state index contributed by atoms with van der Waals surface area (Å²) < 4.78 is 15.3. The van der Waals surface area contributed by atoms with E-state index in [0.29, 0.717) is 22.8 Å². The summed E-state index contributed by atoms with van der Waals surface area (Å²) in [6.07, 6.45) is 2.14. The van der Waals surface area contributed by atoms with Crippen LogP contribution in [0.1, 0.15) is 5.56 Å². The molecule has 0 aliphatic heterocycles. The van der Waals surface area contributed by atoms with Gasteiger partial charge in [0.15, 0.2) is 0 Å². The SMILES string of the molecule is COc1cc(OC)c(/C=C/[N+](=O)[O-])c(OC)c1. The Morgan fingerprint density at radius 1 is 1.12 bits per heavy atom. The molecular weight excluding hydrogens is 226 g/mol. The van der Waals surface area contributed by atoms with Crippen molar-refractivity contribution in [1.82, 2.24) is 0 Å². The molecule has 0 aliphatic rings. The van der Waals surface area contributed by atoms with Gasteiger partial charge in [-0.05, 0) is 0 Å². The lowest BCUT2D eigenvalue weighted by atomic mass is 10.1. The number of nitro groups is 1. The third kappa shape index (κ3) is 3.10. The molecule has 17 heavy (non-hydrogen) atoms. The molecule has 0 aromatic heterocycles. The van der Waals surface area contributed by atoms with E-state index in [1.807, 2.05) is 0 Å². The molecule has 1 aromatic rings. The molecule has 0 saturated heterocycles. The molecule has 6 heteroatoms. The Balaban J connectivity index is 3.29. The first-order valence-electron chi connectivity index (χ1n) is 4.74. The molecule has 0 aliphatic carbocycles. The van der Waals surface area contributed by atoms with Gasteiger partial charge in [-0.3, -0.25) is 10.1 Å². The van der Waals surface area contributed by atoms with Crippen LogP contribution in [0.15, 0.2) is 18.3 Å². The van der Waals surface area contributed by atoms with Crippen LogP contribution in [0.25, 0.3) is 6.08 Å². The Morgan fingerprint density at radius 3 is 2.00 bits per heavy atom. The molecule has 0 amide bonds. The van der Waals surface area contributed by atoms with E-state index in [-0.39, 0.29) is 0 Å². The summed E-state index contributed by atoms with van der Waals surface area (Å²) in [5, 5.41) is 10.3. The first-order chi connectivity index (χ1) is 8.12. The third-order valence-corrected chi connectivity index (χ3v) is 2.12. The van der Waals surface area contributed by atoms with E-state index in [1.54, 1.807) is 12.1 Å². The standard InChI is InChI=1S/C11H13NO5/c1-15-8-6-10(16-2)9(4-5-12(13)14)11(7-8)17-3/h4-7H,1-3H3/b5-4+. The van der Waals surface area contributed by atoms with Crippen molar-refractivity contribution in [2.24, 2.45) is 0 Å². The highest BCUT2D eigenvalue weighted by molar-refractivity contribution is 5.66. The summed E-state index contributed by atoms with van der Waals surface area (Å²) in [4.78, 5) is 9.75. The predicted octanol–water partition coefficient (Wildman–Crippen LogP) is 1.96. The maximum absolute atomic E-state index is 10.3. The Labute approximate surface area is 98.6 Å². The fourth-order valence-electron chi connectivity index (χ4n) is 1.33. The first-order valence-corrected chi connectivity index (χ1v) is 4.74. The van der Waals surface area contributed by atoms with Crippen molar-refractivity contribution >= 4 is 6.08 Å². The maximum Gasteiger partial charge on any atom is 0.235 e. The number of benzene rings is 1. The largest absolute Gasteiger partial charge is 0.496 e. The normalized spacial score (nSPS) is 10.3. The van der Waals surface area contributed by atoms with Crippen LogP contribution < -0.4 is 14.2 Å². The molecule has 1 rings (SSSR count). The first kappa shape index (κ1) is 12.8. The lowest BCUT2D eigenvalue weighted by molar-refractivity contribution is -0.400. The van der Waals surface area contributed by atoms with Crippen molar-refractivity contribution in [3.05, 3.63) is 34.0 Å². The van der Waals surface area contributed by atoms with Crippen molar-refractivity contribution < 1.29 is 19.1 Å². The van der Waals surface area contributed by atoms with Crippen LogP contribution >= 0.6 is 0 Å². The number of methoxy groups -OCH3 is 3. The zero-order valence-electron chi connectivity index (χ0n) is 9.80. The van der Waals surface area contributed by atoms with Gasteiger partial charge < -0.3 is 14.2 Å². The quantitative estimate of drug-likeness (QED) is 0.580. The molecule has 0 radical (unpaired) electrons. The summed E-state index contributed by atoms with van der Waals surface area (Å²) in [6.45, 7) is 0. The van der Waals surface area contributed by atoms with Gasteiger partial charge in [-0.15, -0.1) is 0 Å². The van der Waals surface area contributed by atoms with Gasteiger partial charge in [0.05, 0.1) is 31.8 Å². The molecule has 1 aromatic carbocycles. The van der Waals surface area contributed by atoms with Crippen LogP contribution in [0, 0.1) is 10.1 Å². The van der Waals surface area contributed by atoms with Crippen molar-refractivity contribution in [2.45, 2.75) is 0 Å². The van der Waals surface area contributed by atoms with E-state index in [1.165, 1.54) is 27.4 Å². The van der Waals surface area contributed by atoms with E-state index in [0.717, 1.165) is 6.20 Å². The van der Waals surface area contributed by atoms with E-state index >= 15 is 0 Å². The van der Waals surface area contributed by atoms with Gasteiger partial charge in [-0.25, -0.2) is 0 Å². The minimum atomic E-state index is -0.552. The van der Waals surface area contributed by atoms with Gasteiger partial charge >= 0.3 is 0 Å². The van der Waals surface area contributed by atoms with E-state index in [4.69, 9.17) is 14.2 Å². The minimum absolute atomic E-state index is 0.444. The van der Waals surface area contributed by atoms with Crippen LogP contribution in [-0.2, 0) is 0 Å². The van der Waals surface area contributed by atoms with Gasteiger partial charge in [0.2, 0.25) is 6.20 Å². The molecule has 6 nitrogen and oxygen atoms in total. The third-order valence-electron chi connectivity index (χ3n) is 2.12. The fourth-order valence-corrected chi connectivity index (χ4v) is 1.33. The van der Waals surface area contributed by atoms with Crippen molar-refractivity contribution in [1.29, 1.82) is 0 Å². The Bertz CT molecular complexity index is 416. The van der Waals surface area contributed by atoms with Crippen molar-refractivity contribution in [3.63, 3.8) is 0 Å². The van der Waals surface area contributed by atoms with Gasteiger partial charge in [0.1, 0.15) is 17.2 Å². The predicted molar refractivity (Wildman–Crippen MR) is 62.1 cm³/mol. The minimum Gasteiger partial charge on any atom is -0.496 e. The number of ether oxygens (including phenoxy) is 3. The summed E-state index contributed by atoms with van der Waals surface area (Å²) in [7, 11) is 4.45. The monoisotopic (exact) mass is 239 g/mol. The fraction of sp³-hybridized carbons (Fsp3) is 0.273. The summed E-state index contributed by atoms with van der Waals surface area (Å²) in [6, 6.07) is 3.25. The average molecular weight is 239 g/mol. The Morgan fingerprint density at radius 2 is 1.65 bits per heavy atom. The number of nitrogens with zero attached hydrogens (tertiary/aromatic N) is 1. The smallest absolute Gasteiger partial charge is 0.235 e. The lowest BCUT2D eigenvalue weighted by Gasteiger charge is -2.11. The number of hydrogen-bond donors (Lipinski definition) is 0. The topological polar surface area (TPSA) is 70.8 Å². The van der Waals surface area contributed by atoms with Crippen LogP contribution in [0.4, 0.5) is 0 Å². The van der Waals surface area contributed by atoms with Crippen LogP contribution in [-0.4, -0.2) is 26.3 Å². The zero-order valence-corrected chi connectivity index (χ0v) is 9.80. The second-order valence-corrected chi connectivity index (χ2v) is 3.05. The number of rotatable bonds is 5. The highest BCUT2D eigenvalue weighted by atomic mass is 16.6. The van der Waals surface area contributed by atoms with E-state index in [2.05, 4.69) is 0 Å². The highest BCUT2D eigenvalue weighted by Gasteiger charge is 2.11. The van der Waals surface area contributed by atoms with Gasteiger partial charge in [-0.1, -0.05) is 0 Å². The van der Waals surface area contributed by atoms with Crippen molar-refractivity contribution in [3.8, 4) is 17.2 Å². The second-order valence-electron chi connectivity index (χ2n) is 3.05. The molecule has 92 valence electrons. The molecule has 0 atom stereocenters. The lowest BCUT2D eigenvalue weighted by Crippen LogP contribution is -1.95. The van der Waals surface area contributed by atoms with E-state index < -0.39 is 4.92 Å². The van der Waals surface area contributed by atoms with Gasteiger partial charge in [0, 0.05) is 18.2 Å². The zero-order chi connectivity index (χ0) is 12.8. The van der Waals surface area contributed by atoms with Crippen LogP contribution in [0.3, 0.4) is 0 Å². The molecule has 0 bridgehead atoms. The van der Waals surface area contributed by atoms with Gasteiger partial charge in [-0.2, -0.15) is 0 Å². The molecule has 0 spiro atoms. The second kappa shape index (κ2) is 5.74. The summed E-state index contributed by atoms with van der Waals surface area (Å²) in [5.74, 6) is 1.44. The van der Waals surface area contributed by atoms with Crippen molar-refractivity contribution in [2.75, 3.05) is 21.3 Å². The summed E-state index contributed by atoms with van der Waals surface area (Å²) in [5.41, 5.74) is 0.493. The summed E-state index contributed by atoms with van der Waals surface area (Å²) >= 11 is 0. The van der Waals surface area contributed by atoms with Gasteiger partial charge in [0.25, 0.3) is 0 Å². The molecule has 0 heterocycles.